The van der Waals surface area contributed by atoms with E-state index in [-0.39, 0.29) is 16.8 Å². The third-order valence-electron chi connectivity index (χ3n) is 5.79. The summed E-state index contributed by atoms with van der Waals surface area (Å²) in [4.78, 5) is 17.1. The highest BCUT2D eigenvalue weighted by molar-refractivity contribution is 7.89. The van der Waals surface area contributed by atoms with Crippen LogP contribution in [0.15, 0.2) is 47.4 Å². The normalized spacial score (nSPS) is 16.8. The average molecular weight is 414 g/mol. The molecule has 2 aromatic carbocycles. The summed E-state index contributed by atoms with van der Waals surface area (Å²) in [5.41, 5.74) is 3.29. The fourth-order valence-electron chi connectivity index (χ4n) is 4.16. The minimum atomic E-state index is -3.53. The van der Waals surface area contributed by atoms with Crippen LogP contribution >= 0.6 is 0 Å². The fraction of sp³-hybridized carbons (Fsp3) is 0.409. The molecule has 29 heavy (non-hydrogen) atoms. The summed E-state index contributed by atoms with van der Waals surface area (Å²) < 4.78 is 28.3. The maximum absolute atomic E-state index is 13.1. The summed E-state index contributed by atoms with van der Waals surface area (Å²) in [6.07, 6.45) is 4.60. The number of sulfonamides is 1. The van der Waals surface area contributed by atoms with Crippen LogP contribution in [0.25, 0.3) is 0 Å². The maximum atomic E-state index is 13.1. The number of nitrogens with one attached hydrogen (secondary N) is 1. The number of hydrogen-bond donors (Lipinski definition) is 1. The number of carbonyl (C=O) groups is 1. The molecule has 0 saturated heterocycles. The van der Waals surface area contributed by atoms with Gasteiger partial charge in [0.15, 0.2) is 0 Å². The van der Waals surface area contributed by atoms with E-state index in [0.29, 0.717) is 18.5 Å². The molecule has 4 rings (SSSR count). The lowest BCUT2D eigenvalue weighted by atomic mass is 10.1. The lowest BCUT2D eigenvalue weighted by Crippen LogP contribution is -2.32. The van der Waals surface area contributed by atoms with E-state index in [0.717, 1.165) is 42.6 Å². The molecule has 1 aliphatic carbocycles. The van der Waals surface area contributed by atoms with E-state index in [4.69, 9.17) is 0 Å². The zero-order valence-electron chi connectivity index (χ0n) is 16.9. The first kappa shape index (κ1) is 19.9. The lowest BCUT2D eigenvalue weighted by Gasteiger charge is -2.19. The molecule has 1 amide bonds. The van der Waals surface area contributed by atoms with Crippen molar-refractivity contribution in [2.75, 3.05) is 30.4 Å². The molecule has 2 aromatic rings. The minimum Gasteiger partial charge on any atom is -0.378 e. The Morgan fingerprint density at radius 3 is 2.59 bits per heavy atom. The summed E-state index contributed by atoms with van der Waals surface area (Å²) in [6, 6.07) is 12.7. The van der Waals surface area contributed by atoms with Crippen LogP contribution in [0.1, 0.15) is 41.6 Å². The summed E-state index contributed by atoms with van der Waals surface area (Å²) in [5.74, 6) is -0.0628. The zero-order chi connectivity index (χ0) is 20.6. The number of fused-ring (bicyclic) bond motifs is 1. The Bertz CT molecular complexity index is 1030. The third-order valence-corrected chi connectivity index (χ3v) is 7.31. The van der Waals surface area contributed by atoms with Crippen LogP contribution in [-0.2, 0) is 16.4 Å². The average Bonchev–Trinajstić information content (AvgIpc) is 3.36. The van der Waals surface area contributed by atoms with Crippen LogP contribution in [0.3, 0.4) is 0 Å². The lowest BCUT2D eigenvalue weighted by molar-refractivity contribution is 0.0989. The van der Waals surface area contributed by atoms with Crippen molar-refractivity contribution in [2.45, 2.75) is 43.0 Å². The second kappa shape index (κ2) is 7.80. The first-order chi connectivity index (χ1) is 13.8. The van der Waals surface area contributed by atoms with Crippen molar-refractivity contribution in [2.24, 2.45) is 0 Å². The van der Waals surface area contributed by atoms with Crippen molar-refractivity contribution in [3.8, 4) is 0 Å². The quantitative estimate of drug-likeness (QED) is 0.817. The van der Waals surface area contributed by atoms with Crippen molar-refractivity contribution in [1.29, 1.82) is 0 Å². The highest BCUT2D eigenvalue weighted by Crippen LogP contribution is 2.32. The van der Waals surface area contributed by atoms with Gasteiger partial charge in [-0.1, -0.05) is 18.9 Å². The van der Waals surface area contributed by atoms with Crippen LogP contribution in [-0.4, -0.2) is 41.0 Å². The van der Waals surface area contributed by atoms with Gasteiger partial charge in [0.1, 0.15) is 0 Å². The molecule has 0 atom stereocenters. The summed E-state index contributed by atoms with van der Waals surface area (Å²) >= 11 is 0. The molecule has 1 saturated carbocycles. The van der Waals surface area contributed by atoms with Crippen LogP contribution in [0.5, 0.6) is 0 Å². The van der Waals surface area contributed by atoms with E-state index in [9.17, 15) is 13.2 Å². The highest BCUT2D eigenvalue weighted by Gasteiger charge is 2.29. The SMILES string of the molecule is CN(C)c1cccc(C(=O)N2CCc3cc(S(=O)(=O)NC4CCCC4)ccc32)c1. The molecular weight excluding hydrogens is 386 g/mol. The second-order valence-corrected chi connectivity index (χ2v) is 9.76. The van der Waals surface area contributed by atoms with Crippen molar-refractivity contribution < 1.29 is 13.2 Å². The van der Waals surface area contributed by atoms with Crippen molar-refractivity contribution >= 4 is 27.3 Å². The molecule has 154 valence electrons. The maximum Gasteiger partial charge on any atom is 0.258 e. The third kappa shape index (κ3) is 4.02. The number of carbonyl (C=O) groups excluding carboxylic acids is 1. The van der Waals surface area contributed by atoms with E-state index in [2.05, 4.69) is 4.72 Å². The van der Waals surface area contributed by atoms with Gasteiger partial charge in [0.05, 0.1) is 4.90 Å². The van der Waals surface area contributed by atoms with Gasteiger partial charge in [0.25, 0.3) is 5.91 Å². The summed E-state index contributed by atoms with van der Waals surface area (Å²) in [5, 5.41) is 0. The van der Waals surface area contributed by atoms with Gasteiger partial charge in [-0.25, -0.2) is 13.1 Å². The number of hydrogen-bond acceptors (Lipinski definition) is 4. The Labute approximate surface area is 172 Å². The molecule has 6 nitrogen and oxygen atoms in total. The number of benzene rings is 2. The standard InChI is InChI=1S/C22H27N3O3S/c1-24(2)19-9-5-6-17(14-19)22(26)25-13-12-16-15-20(10-11-21(16)25)29(27,28)23-18-7-3-4-8-18/h5-6,9-11,14-15,18,23H,3-4,7-8,12-13H2,1-2H3. The predicted octanol–water partition coefficient (Wildman–Crippen LogP) is 3.18. The Kier molecular flexibility index (Phi) is 5.36. The molecule has 0 bridgehead atoms. The predicted molar refractivity (Wildman–Crippen MR) is 115 cm³/mol. The van der Waals surface area contributed by atoms with E-state index in [1.807, 2.05) is 43.3 Å². The molecule has 0 unspecified atom stereocenters. The van der Waals surface area contributed by atoms with E-state index in [1.54, 1.807) is 23.1 Å². The van der Waals surface area contributed by atoms with Crippen LogP contribution in [0.4, 0.5) is 11.4 Å². The minimum absolute atomic E-state index is 0.0373. The Morgan fingerprint density at radius 2 is 1.86 bits per heavy atom. The van der Waals surface area contributed by atoms with Gasteiger partial charge in [-0.15, -0.1) is 0 Å². The molecule has 2 aliphatic rings. The van der Waals surface area contributed by atoms with Gasteiger partial charge in [-0.3, -0.25) is 4.79 Å². The van der Waals surface area contributed by atoms with Gasteiger partial charge in [-0.2, -0.15) is 0 Å². The van der Waals surface area contributed by atoms with Crippen LogP contribution < -0.4 is 14.5 Å². The highest BCUT2D eigenvalue weighted by atomic mass is 32.2. The monoisotopic (exact) mass is 413 g/mol. The van der Waals surface area contributed by atoms with Gasteiger partial charge in [0, 0.05) is 43.6 Å². The number of amides is 1. The first-order valence-corrected chi connectivity index (χ1v) is 11.6. The van der Waals surface area contributed by atoms with Gasteiger partial charge < -0.3 is 9.80 Å². The smallest absolute Gasteiger partial charge is 0.258 e. The first-order valence-electron chi connectivity index (χ1n) is 10.1. The molecule has 1 aliphatic heterocycles. The van der Waals surface area contributed by atoms with E-state index < -0.39 is 10.0 Å². The van der Waals surface area contributed by atoms with E-state index in [1.165, 1.54) is 0 Å². The molecule has 0 radical (unpaired) electrons. The molecule has 7 heteroatoms. The number of nitrogens with zero attached hydrogens (tertiary/aromatic N) is 2. The van der Waals surface area contributed by atoms with Crippen molar-refractivity contribution in [3.05, 3.63) is 53.6 Å². The molecule has 1 fully saturated rings. The number of rotatable bonds is 5. The Hall–Kier alpha value is -2.38. The number of anilines is 2. The van der Waals surface area contributed by atoms with Gasteiger partial charge in [-0.05, 0) is 61.2 Å². The van der Waals surface area contributed by atoms with Crippen molar-refractivity contribution in [3.63, 3.8) is 0 Å². The fourth-order valence-corrected chi connectivity index (χ4v) is 5.52. The molecule has 0 spiro atoms. The Balaban J connectivity index is 1.57. The van der Waals surface area contributed by atoms with Crippen molar-refractivity contribution in [1.82, 2.24) is 4.72 Å². The zero-order valence-corrected chi connectivity index (χ0v) is 17.7. The summed E-state index contributed by atoms with van der Waals surface area (Å²) in [6.45, 7) is 0.555. The second-order valence-electron chi connectivity index (χ2n) is 8.04. The molecule has 0 aromatic heterocycles. The molecule has 1 heterocycles. The Morgan fingerprint density at radius 1 is 1.10 bits per heavy atom. The van der Waals surface area contributed by atoms with Gasteiger partial charge >= 0.3 is 0 Å². The van der Waals surface area contributed by atoms with Crippen LogP contribution in [0, 0.1) is 0 Å². The topological polar surface area (TPSA) is 69.7 Å². The summed E-state index contributed by atoms with van der Waals surface area (Å²) in [7, 11) is 0.352. The molecule has 1 N–H and O–H groups in total. The van der Waals surface area contributed by atoms with Crippen LogP contribution in [0.2, 0.25) is 0 Å². The largest absolute Gasteiger partial charge is 0.378 e. The van der Waals surface area contributed by atoms with Gasteiger partial charge in [0.2, 0.25) is 10.0 Å². The van der Waals surface area contributed by atoms with E-state index >= 15 is 0 Å². The molecular formula is C22H27N3O3S.